The molecule has 0 unspecified atom stereocenters. The lowest BCUT2D eigenvalue weighted by molar-refractivity contribution is 0.289. The monoisotopic (exact) mass is 249 g/mol. The number of halogens is 1. The zero-order valence-electron chi connectivity index (χ0n) is 9.50. The van der Waals surface area contributed by atoms with Gasteiger partial charge >= 0.3 is 0 Å². The molecule has 0 saturated heterocycles. The minimum absolute atomic E-state index is 0.534. The molecule has 0 N–H and O–H groups in total. The van der Waals surface area contributed by atoms with Gasteiger partial charge in [0.25, 0.3) is 0 Å². The Labute approximate surface area is 104 Å². The zero-order chi connectivity index (χ0) is 11.8. The summed E-state index contributed by atoms with van der Waals surface area (Å²) >= 11 is 6.18. The Morgan fingerprint density at radius 2 is 2.24 bits per heavy atom. The van der Waals surface area contributed by atoms with Crippen LogP contribution in [0.3, 0.4) is 0 Å². The van der Waals surface area contributed by atoms with E-state index in [4.69, 9.17) is 21.1 Å². The molecule has 0 saturated carbocycles. The van der Waals surface area contributed by atoms with Crippen molar-refractivity contribution in [3.8, 4) is 11.5 Å². The normalized spacial score (nSPS) is 14.2. The van der Waals surface area contributed by atoms with Gasteiger partial charge in [-0.05, 0) is 31.0 Å². The van der Waals surface area contributed by atoms with E-state index in [-0.39, 0.29) is 0 Å². The first-order valence-corrected chi connectivity index (χ1v) is 5.96. The van der Waals surface area contributed by atoms with Crippen LogP contribution in [0.4, 0.5) is 0 Å². The third-order valence-electron chi connectivity index (χ3n) is 2.99. The van der Waals surface area contributed by atoms with Crippen molar-refractivity contribution in [1.82, 2.24) is 4.98 Å². The topological polar surface area (TPSA) is 31.4 Å². The predicted octanol–water partition coefficient (Wildman–Crippen LogP) is 3.22. The van der Waals surface area contributed by atoms with Crippen molar-refractivity contribution in [3.05, 3.63) is 29.0 Å². The molecule has 88 valence electrons. The average molecular weight is 250 g/mol. The van der Waals surface area contributed by atoms with E-state index in [0.29, 0.717) is 5.15 Å². The van der Waals surface area contributed by atoms with Crippen LogP contribution in [-0.4, -0.2) is 18.7 Å². The third kappa shape index (κ3) is 1.71. The highest BCUT2D eigenvalue weighted by molar-refractivity contribution is 6.34. The largest absolute Gasteiger partial charge is 0.497 e. The number of methoxy groups -OCH3 is 1. The van der Waals surface area contributed by atoms with Crippen LogP contribution in [0.2, 0.25) is 5.15 Å². The third-order valence-corrected chi connectivity index (χ3v) is 3.28. The van der Waals surface area contributed by atoms with Crippen molar-refractivity contribution < 1.29 is 9.47 Å². The zero-order valence-corrected chi connectivity index (χ0v) is 10.3. The minimum atomic E-state index is 0.534. The summed E-state index contributed by atoms with van der Waals surface area (Å²) in [6.07, 6.45) is 1.91. The van der Waals surface area contributed by atoms with Gasteiger partial charge in [-0.15, -0.1) is 0 Å². The second-order valence-corrected chi connectivity index (χ2v) is 4.40. The van der Waals surface area contributed by atoms with Crippen LogP contribution in [0.15, 0.2) is 18.2 Å². The summed E-state index contributed by atoms with van der Waals surface area (Å²) in [6.45, 7) is 0.739. The fourth-order valence-corrected chi connectivity index (χ4v) is 2.41. The first kappa shape index (κ1) is 10.7. The van der Waals surface area contributed by atoms with Gasteiger partial charge in [-0.3, -0.25) is 0 Å². The number of aromatic nitrogens is 1. The number of hydrogen-bond acceptors (Lipinski definition) is 3. The maximum atomic E-state index is 6.18. The van der Waals surface area contributed by atoms with Crippen LogP contribution in [0.1, 0.15) is 12.1 Å². The van der Waals surface area contributed by atoms with E-state index >= 15 is 0 Å². The Hall–Kier alpha value is -1.48. The summed E-state index contributed by atoms with van der Waals surface area (Å²) in [6, 6.07) is 5.75. The van der Waals surface area contributed by atoms with Crippen molar-refractivity contribution in [2.24, 2.45) is 0 Å². The minimum Gasteiger partial charge on any atom is -0.497 e. The number of pyridine rings is 1. The van der Waals surface area contributed by atoms with E-state index in [9.17, 15) is 0 Å². The molecular formula is C13H12ClNO2. The number of benzene rings is 1. The summed E-state index contributed by atoms with van der Waals surface area (Å²) < 4.78 is 10.9. The van der Waals surface area contributed by atoms with Gasteiger partial charge in [0.05, 0.1) is 19.4 Å². The molecule has 2 aromatic rings. The van der Waals surface area contributed by atoms with Crippen molar-refractivity contribution in [2.45, 2.75) is 12.8 Å². The molecule has 0 radical (unpaired) electrons. The summed E-state index contributed by atoms with van der Waals surface area (Å²) in [5.41, 5.74) is 0.946. The number of aryl methyl sites for hydroxylation is 1. The molecule has 0 bridgehead atoms. The fourth-order valence-electron chi connectivity index (χ4n) is 2.15. The molecule has 1 aromatic heterocycles. The number of hydrogen-bond donors (Lipinski definition) is 0. The molecule has 17 heavy (non-hydrogen) atoms. The van der Waals surface area contributed by atoms with E-state index in [1.54, 1.807) is 7.11 Å². The van der Waals surface area contributed by atoms with Gasteiger partial charge < -0.3 is 9.47 Å². The molecule has 1 aromatic carbocycles. The SMILES string of the molecule is COc1ccc2c(Cl)nc3c(c2c1)OCCC3. The average Bonchev–Trinajstić information content (AvgIpc) is 2.38. The van der Waals surface area contributed by atoms with E-state index < -0.39 is 0 Å². The number of ether oxygens (including phenoxy) is 2. The van der Waals surface area contributed by atoms with Gasteiger partial charge in [-0.1, -0.05) is 11.6 Å². The molecule has 4 heteroatoms. The Balaban J connectivity index is 2.33. The Morgan fingerprint density at radius 1 is 1.35 bits per heavy atom. The molecular weight excluding hydrogens is 238 g/mol. The van der Waals surface area contributed by atoms with Gasteiger partial charge in [0.15, 0.2) is 0 Å². The Kier molecular flexibility index (Phi) is 2.56. The molecule has 0 aliphatic carbocycles. The maximum absolute atomic E-state index is 6.18. The smallest absolute Gasteiger partial charge is 0.148 e. The van der Waals surface area contributed by atoms with E-state index in [1.165, 1.54) is 0 Å². The highest BCUT2D eigenvalue weighted by Crippen LogP contribution is 2.37. The molecule has 1 aliphatic heterocycles. The molecule has 2 heterocycles. The Bertz CT molecular complexity index is 583. The van der Waals surface area contributed by atoms with Gasteiger partial charge in [0.2, 0.25) is 0 Å². The molecule has 1 aliphatic rings. The van der Waals surface area contributed by atoms with Crippen molar-refractivity contribution in [2.75, 3.05) is 13.7 Å². The van der Waals surface area contributed by atoms with E-state index in [1.807, 2.05) is 18.2 Å². The van der Waals surface area contributed by atoms with E-state index in [2.05, 4.69) is 4.98 Å². The molecule has 0 spiro atoms. The van der Waals surface area contributed by atoms with Crippen LogP contribution >= 0.6 is 11.6 Å². The number of rotatable bonds is 1. The summed E-state index contributed by atoms with van der Waals surface area (Å²) in [5.74, 6) is 1.66. The highest BCUT2D eigenvalue weighted by atomic mass is 35.5. The maximum Gasteiger partial charge on any atom is 0.148 e. The number of nitrogens with zero attached hydrogens (tertiary/aromatic N) is 1. The van der Waals surface area contributed by atoms with Crippen LogP contribution in [0.25, 0.3) is 10.8 Å². The standard InChI is InChI=1S/C13H12ClNO2/c1-16-8-4-5-9-10(7-8)12-11(15-13(9)14)3-2-6-17-12/h4-5,7H,2-3,6H2,1H3. The van der Waals surface area contributed by atoms with Crippen molar-refractivity contribution in [3.63, 3.8) is 0 Å². The van der Waals surface area contributed by atoms with Gasteiger partial charge in [-0.2, -0.15) is 0 Å². The molecule has 0 fully saturated rings. The van der Waals surface area contributed by atoms with Crippen molar-refractivity contribution >= 4 is 22.4 Å². The Morgan fingerprint density at radius 3 is 3.06 bits per heavy atom. The molecule has 0 amide bonds. The van der Waals surface area contributed by atoms with Crippen LogP contribution in [0.5, 0.6) is 11.5 Å². The quantitative estimate of drug-likeness (QED) is 0.727. The summed E-state index contributed by atoms with van der Waals surface area (Å²) in [4.78, 5) is 4.40. The van der Waals surface area contributed by atoms with Crippen molar-refractivity contribution in [1.29, 1.82) is 0 Å². The lowest BCUT2D eigenvalue weighted by Gasteiger charge is -2.19. The molecule has 3 nitrogen and oxygen atoms in total. The lowest BCUT2D eigenvalue weighted by atomic mass is 10.1. The molecule has 0 atom stereocenters. The van der Waals surface area contributed by atoms with Crippen LogP contribution < -0.4 is 9.47 Å². The van der Waals surface area contributed by atoms with Crippen LogP contribution in [-0.2, 0) is 6.42 Å². The number of fused-ring (bicyclic) bond motifs is 3. The first-order valence-electron chi connectivity index (χ1n) is 5.58. The molecule has 3 rings (SSSR count). The second-order valence-electron chi connectivity index (χ2n) is 4.04. The highest BCUT2D eigenvalue weighted by Gasteiger charge is 2.18. The van der Waals surface area contributed by atoms with Crippen LogP contribution in [0, 0.1) is 0 Å². The summed E-state index contributed by atoms with van der Waals surface area (Å²) in [5, 5.41) is 2.43. The lowest BCUT2D eigenvalue weighted by Crippen LogP contribution is -2.10. The van der Waals surface area contributed by atoms with E-state index in [0.717, 1.165) is 47.4 Å². The summed E-state index contributed by atoms with van der Waals surface area (Å²) in [7, 11) is 1.65. The van der Waals surface area contributed by atoms with Gasteiger partial charge in [0, 0.05) is 10.8 Å². The van der Waals surface area contributed by atoms with Gasteiger partial charge in [0.1, 0.15) is 16.7 Å². The fraction of sp³-hybridized carbons (Fsp3) is 0.308. The predicted molar refractivity (Wildman–Crippen MR) is 67.1 cm³/mol. The first-order chi connectivity index (χ1) is 8.29. The van der Waals surface area contributed by atoms with Gasteiger partial charge in [-0.25, -0.2) is 4.98 Å². The second kappa shape index (κ2) is 4.08.